The van der Waals surface area contributed by atoms with Gasteiger partial charge in [-0.05, 0) is 20.3 Å². The van der Waals surface area contributed by atoms with Gasteiger partial charge in [-0.1, -0.05) is 26.5 Å². The van der Waals surface area contributed by atoms with Crippen LogP contribution in [-0.4, -0.2) is 198 Å². The standard InChI is InChI=1S/C36H61N3O19.Na/c1-8-9-10-37-32(47)30-29(50-6)24(45)25(46)36(58-30)57-28-21(39-15(4)5)35(53-18(13-41)23(28)44)56-26-16(42)11-19(55-31(26)33(48)49)54-27-20(38-14(2)3)34(51-7)52-17(12-40)22(27)43;/h16-31,34-36,38-46H,2,4,8-13H2,1,3,5-7H3,(H,37,47)(H,48,49);/q;+1/p-1/t16?,17?,18?,19?,20-,21-,22+,23+,24?,25-,26-,27?,28?,29-,30?,31?,34?,35?,36?;/m0./s1. The van der Waals surface area contributed by atoms with Crippen LogP contribution in [0.4, 0.5) is 0 Å². The molecule has 23 heteroatoms. The second-order valence-electron chi connectivity index (χ2n) is 14.7. The van der Waals surface area contributed by atoms with E-state index in [0.717, 1.165) is 6.42 Å². The zero-order valence-corrected chi connectivity index (χ0v) is 36.2. The number of carboxylic acid groups (broad SMARTS) is 1. The van der Waals surface area contributed by atoms with E-state index in [9.17, 15) is 50.4 Å². The summed E-state index contributed by atoms with van der Waals surface area (Å²) in [5.41, 5.74) is 0.674. The van der Waals surface area contributed by atoms with E-state index in [4.69, 9.17) is 42.6 Å². The van der Waals surface area contributed by atoms with Crippen molar-refractivity contribution in [2.75, 3.05) is 34.0 Å². The maximum Gasteiger partial charge on any atom is 1.00 e. The van der Waals surface area contributed by atoms with Gasteiger partial charge >= 0.3 is 29.6 Å². The Balaban J connectivity index is 0.00000930. The number of unbranched alkanes of at least 4 members (excludes halogenated alkanes) is 1. The van der Waals surface area contributed by atoms with Gasteiger partial charge in [-0.25, -0.2) is 0 Å². The fourth-order valence-electron chi connectivity index (χ4n) is 7.32. The van der Waals surface area contributed by atoms with Crippen LogP contribution in [-0.2, 0) is 52.2 Å². The number of aliphatic carboxylic acids is 1. The van der Waals surface area contributed by atoms with Crippen LogP contribution in [0.2, 0.25) is 0 Å². The Morgan fingerprint density at radius 2 is 1.25 bits per heavy atom. The van der Waals surface area contributed by atoms with E-state index in [2.05, 4.69) is 29.1 Å². The van der Waals surface area contributed by atoms with Crippen LogP contribution in [0, 0.1) is 0 Å². The van der Waals surface area contributed by atoms with Crippen LogP contribution in [0.15, 0.2) is 24.6 Å². The fraction of sp³-hybridized carbons (Fsp3) is 0.833. The molecule has 334 valence electrons. The summed E-state index contributed by atoms with van der Waals surface area (Å²) in [4.78, 5) is 25.7. The minimum Gasteiger partial charge on any atom is -0.547 e. The zero-order valence-electron chi connectivity index (χ0n) is 34.2. The van der Waals surface area contributed by atoms with Crippen molar-refractivity contribution in [3.63, 3.8) is 0 Å². The Morgan fingerprint density at radius 3 is 1.76 bits per heavy atom. The number of carbonyl (C=O) groups excluding carboxylic acids is 2. The molecule has 19 atom stereocenters. The molecule has 59 heavy (non-hydrogen) atoms. The minimum atomic E-state index is -2.06. The molecule has 1 amide bonds. The molecule has 0 spiro atoms. The Labute approximate surface area is 364 Å². The van der Waals surface area contributed by atoms with E-state index < -0.39 is 148 Å². The summed E-state index contributed by atoms with van der Waals surface area (Å²) in [6.45, 7) is 11.5. The minimum absolute atomic E-state index is 0. The second-order valence-corrected chi connectivity index (χ2v) is 14.7. The average molecular weight is 862 g/mol. The predicted octanol–water partition coefficient (Wildman–Crippen LogP) is -8.46. The summed E-state index contributed by atoms with van der Waals surface area (Å²) in [5.74, 6) is -2.51. The van der Waals surface area contributed by atoms with Crippen LogP contribution in [0.3, 0.4) is 0 Å². The molecule has 0 aromatic carbocycles. The van der Waals surface area contributed by atoms with E-state index in [1.54, 1.807) is 6.92 Å². The van der Waals surface area contributed by atoms with Crippen molar-refractivity contribution in [3.8, 4) is 0 Å². The number of carboxylic acids is 1. The van der Waals surface area contributed by atoms with Gasteiger partial charge in [0.15, 0.2) is 31.3 Å². The first-order valence-corrected chi connectivity index (χ1v) is 19.1. The van der Waals surface area contributed by atoms with E-state index in [0.29, 0.717) is 12.1 Å². The fourth-order valence-corrected chi connectivity index (χ4v) is 7.32. The number of hydrogen-bond acceptors (Lipinski definition) is 21. The van der Waals surface area contributed by atoms with E-state index >= 15 is 0 Å². The molecule has 0 bridgehead atoms. The first-order valence-electron chi connectivity index (χ1n) is 19.1. The summed E-state index contributed by atoms with van der Waals surface area (Å²) < 4.78 is 51.9. The molecule has 22 nitrogen and oxygen atoms in total. The summed E-state index contributed by atoms with van der Waals surface area (Å²) >= 11 is 0. The second kappa shape index (κ2) is 23.7. The first kappa shape index (κ1) is 51.7. The van der Waals surface area contributed by atoms with E-state index in [-0.39, 0.29) is 41.8 Å². The zero-order chi connectivity index (χ0) is 43.0. The normalized spacial score (nSPS) is 41.3. The number of aliphatic hydroxyl groups is 7. The van der Waals surface area contributed by atoms with Crippen molar-refractivity contribution < 1.29 is 123 Å². The van der Waals surface area contributed by atoms with Crippen molar-refractivity contribution in [3.05, 3.63) is 24.6 Å². The largest absolute Gasteiger partial charge is 1.00 e. The quantitative estimate of drug-likeness (QED) is 0.0426. The van der Waals surface area contributed by atoms with Crippen LogP contribution < -0.4 is 50.6 Å². The van der Waals surface area contributed by atoms with Crippen molar-refractivity contribution >= 4 is 11.9 Å². The molecule has 10 N–H and O–H groups in total. The van der Waals surface area contributed by atoms with E-state index in [1.165, 1.54) is 21.1 Å². The van der Waals surface area contributed by atoms with Gasteiger partial charge in [0.05, 0.1) is 25.3 Å². The number of allylic oxidation sites excluding steroid dienone is 2. The van der Waals surface area contributed by atoms with Crippen molar-refractivity contribution in [2.45, 2.75) is 157 Å². The monoisotopic (exact) mass is 861 g/mol. The third kappa shape index (κ3) is 12.5. The number of rotatable bonds is 19. The summed E-state index contributed by atoms with van der Waals surface area (Å²) in [7, 11) is 2.54. The summed E-state index contributed by atoms with van der Waals surface area (Å²) in [6.07, 6.45) is -25.6. The van der Waals surface area contributed by atoms with Gasteiger partial charge in [-0.15, -0.1) is 0 Å². The molecular formula is C36H60N3NaO19. The van der Waals surface area contributed by atoms with Crippen LogP contribution in [0.25, 0.3) is 0 Å². The molecule has 4 rings (SSSR count). The molecule has 0 aromatic heterocycles. The maximum absolute atomic E-state index is 13.1. The van der Waals surface area contributed by atoms with E-state index in [1.807, 2.05) is 6.92 Å². The molecule has 4 saturated heterocycles. The Morgan fingerprint density at radius 1 is 0.712 bits per heavy atom. The Kier molecular flexibility index (Phi) is 20.8. The van der Waals surface area contributed by atoms with Crippen LogP contribution >= 0.6 is 0 Å². The molecule has 4 aliphatic heterocycles. The molecule has 0 radical (unpaired) electrons. The van der Waals surface area contributed by atoms with Crippen molar-refractivity contribution in [1.82, 2.24) is 16.0 Å². The molecule has 4 heterocycles. The van der Waals surface area contributed by atoms with Gasteiger partial charge in [0.2, 0.25) is 0 Å². The Bertz CT molecular complexity index is 1370. The number of nitrogens with one attached hydrogen (secondary N) is 3. The molecule has 0 aromatic rings. The number of carbonyl (C=O) groups is 2. The predicted molar refractivity (Wildman–Crippen MR) is 192 cm³/mol. The van der Waals surface area contributed by atoms with Crippen LogP contribution in [0.1, 0.15) is 40.0 Å². The Hall–Kier alpha value is -1.62. The van der Waals surface area contributed by atoms with Gasteiger partial charge in [-0.3, -0.25) is 4.79 Å². The van der Waals surface area contributed by atoms with Gasteiger partial charge in [0, 0.05) is 38.6 Å². The van der Waals surface area contributed by atoms with Gasteiger partial charge < -0.3 is 104 Å². The third-order valence-corrected chi connectivity index (χ3v) is 10.2. The van der Waals surface area contributed by atoms with Crippen molar-refractivity contribution in [1.29, 1.82) is 0 Å². The third-order valence-electron chi connectivity index (χ3n) is 10.2. The van der Waals surface area contributed by atoms with Gasteiger partial charge in [0.1, 0.15) is 79.2 Å². The molecule has 4 aliphatic rings. The molecule has 0 saturated carbocycles. The first-order chi connectivity index (χ1) is 27.5. The molecule has 12 unspecified atom stereocenters. The summed E-state index contributed by atoms with van der Waals surface area (Å²) in [5, 5.41) is 97.1. The van der Waals surface area contributed by atoms with Gasteiger partial charge in [-0.2, -0.15) is 0 Å². The SMILES string of the molecule is C=C(C)N[C@@H]1C(OC)OC(CO)[C@@H](O)C1OC1CC(O)[C@H](OC2OC(CO)[C@@H](O)C(OC3OC(C(=O)NCCCC)[C@@H](OC)C(O)[C@@H]3O)[C@@H]2NC(=C)C)C(C(=O)[O-])O1.[Na+]. The maximum atomic E-state index is 13.1. The topological polar surface area (TPSA) is 318 Å². The number of amides is 1. The molecule has 4 fully saturated rings. The molecular weight excluding hydrogens is 801 g/mol. The van der Waals surface area contributed by atoms with Crippen molar-refractivity contribution in [2.24, 2.45) is 0 Å². The summed E-state index contributed by atoms with van der Waals surface area (Å²) in [6, 6.07) is -2.31. The van der Waals surface area contributed by atoms with Gasteiger partial charge in [0.25, 0.3) is 5.91 Å². The number of aliphatic hydroxyl groups excluding tert-OH is 7. The average Bonchev–Trinajstić information content (AvgIpc) is 3.17. The number of hydrogen-bond donors (Lipinski definition) is 10. The smallest absolute Gasteiger partial charge is 0.547 e. The molecule has 0 aliphatic carbocycles. The van der Waals surface area contributed by atoms with Crippen LogP contribution in [0.5, 0.6) is 0 Å². The number of methoxy groups -OCH3 is 2. The number of ether oxygens (including phenoxy) is 9.